The van der Waals surface area contributed by atoms with Crippen molar-refractivity contribution in [1.29, 1.82) is 0 Å². The molecule has 3 rings (SSSR count). The molecule has 0 bridgehead atoms. The fourth-order valence-corrected chi connectivity index (χ4v) is 3.10. The van der Waals surface area contributed by atoms with E-state index in [1.165, 1.54) is 4.90 Å². The zero-order chi connectivity index (χ0) is 21.0. The first kappa shape index (κ1) is 23.9. The minimum absolute atomic E-state index is 0. The van der Waals surface area contributed by atoms with Crippen molar-refractivity contribution in [3.63, 3.8) is 0 Å². The summed E-state index contributed by atoms with van der Waals surface area (Å²) >= 11 is 0. The van der Waals surface area contributed by atoms with Gasteiger partial charge in [-0.2, -0.15) is 0 Å². The quantitative estimate of drug-likeness (QED) is 0.221. The van der Waals surface area contributed by atoms with Crippen molar-refractivity contribution in [3.05, 3.63) is 59.0 Å². The second-order valence-corrected chi connectivity index (χ2v) is 7.11. The maximum absolute atomic E-state index is 12.4. The Bertz CT molecular complexity index is 904. The topological polar surface area (TPSA) is 107 Å². The number of hydrogen-bond acceptors (Lipinski definition) is 5. The highest BCUT2D eigenvalue weighted by Gasteiger charge is 2.34. The van der Waals surface area contributed by atoms with Gasteiger partial charge < -0.3 is 20.2 Å². The molecule has 0 fully saturated rings. The Balaban J connectivity index is 0.00000320. The first-order chi connectivity index (χ1) is 13.8. The van der Waals surface area contributed by atoms with E-state index >= 15 is 0 Å². The molecule has 2 heterocycles. The molecule has 0 aliphatic carbocycles. The summed E-state index contributed by atoms with van der Waals surface area (Å²) in [4.78, 5) is 30.5. The number of aliphatic hydroxyl groups is 1. The van der Waals surface area contributed by atoms with Gasteiger partial charge in [-0.1, -0.05) is 12.1 Å². The van der Waals surface area contributed by atoms with Crippen LogP contribution in [0.5, 0.6) is 0 Å². The van der Waals surface area contributed by atoms with Gasteiger partial charge in [-0.15, -0.1) is 24.0 Å². The molecule has 1 aromatic carbocycles. The highest BCUT2D eigenvalue weighted by Crippen LogP contribution is 2.23. The Morgan fingerprint density at radius 3 is 2.30 bits per heavy atom. The normalized spacial score (nSPS) is 15.5. The number of halogens is 1. The highest BCUT2D eigenvalue weighted by atomic mass is 127. The van der Waals surface area contributed by atoms with Crippen molar-refractivity contribution in [2.24, 2.45) is 4.99 Å². The number of nitrogens with one attached hydrogen (secondary N) is 2. The van der Waals surface area contributed by atoms with Crippen molar-refractivity contribution in [2.75, 3.05) is 26.2 Å². The molecule has 1 aliphatic rings. The Hall–Kier alpha value is -2.40. The molecule has 0 saturated heterocycles. The van der Waals surface area contributed by atoms with Crippen LogP contribution in [-0.2, 0) is 5.60 Å². The highest BCUT2D eigenvalue weighted by molar-refractivity contribution is 14.0. The maximum Gasteiger partial charge on any atom is 0.261 e. The maximum atomic E-state index is 12.4. The molecule has 1 unspecified atom stereocenters. The van der Waals surface area contributed by atoms with Gasteiger partial charge in [0.15, 0.2) is 5.96 Å². The molecule has 2 aromatic rings. The number of amides is 2. The molecule has 1 atom stereocenters. The molecular weight excluding hydrogens is 499 g/mol. The predicted octanol–water partition coefficient (Wildman–Crippen LogP) is 2.26. The number of aryl methyl sites for hydroxylation is 1. The van der Waals surface area contributed by atoms with E-state index in [0.29, 0.717) is 35.9 Å². The van der Waals surface area contributed by atoms with Crippen LogP contribution in [0.4, 0.5) is 0 Å². The molecule has 3 N–H and O–H groups in total. The molecule has 0 saturated carbocycles. The molecule has 9 heteroatoms. The van der Waals surface area contributed by atoms with E-state index in [4.69, 9.17) is 4.42 Å². The van der Waals surface area contributed by atoms with Crippen molar-refractivity contribution in [3.8, 4) is 0 Å². The lowest BCUT2D eigenvalue weighted by molar-refractivity contribution is 0.0428. The Morgan fingerprint density at radius 2 is 1.77 bits per heavy atom. The third kappa shape index (κ3) is 5.20. The molecule has 0 spiro atoms. The van der Waals surface area contributed by atoms with Gasteiger partial charge in [0.2, 0.25) is 0 Å². The number of aliphatic imine (C=N–C) groups is 1. The number of furan rings is 1. The van der Waals surface area contributed by atoms with Crippen LogP contribution in [0.25, 0.3) is 0 Å². The van der Waals surface area contributed by atoms with E-state index in [-0.39, 0.29) is 48.9 Å². The lowest BCUT2D eigenvalue weighted by Crippen LogP contribution is -2.43. The van der Waals surface area contributed by atoms with E-state index in [1.54, 1.807) is 43.3 Å². The van der Waals surface area contributed by atoms with Crippen LogP contribution in [0.2, 0.25) is 0 Å². The summed E-state index contributed by atoms with van der Waals surface area (Å²) in [7, 11) is 0. The Labute approximate surface area is 192 Å². The lowest BCUT2D eigenvalue weighted by atomic mass is 10.0. The second-order valence-electron chi connectivity index (χ2n) is 7.11. The first-order valence-corrected chi connectivity index (χ1v) is 9.60. The van der Waals surface area contributed by atoms with Crippen LogP contribution in [0.3, 0.4) is 0 Å². The van der Waals surface area contributed by atoms with E-state index in [2.05, 4.69) is 15.6 Å². The van der Waals surface area contributed by atoms with Crippen LogP contribution in [0.1, 0.15) is 46.1 Å². The SMILES string of the molecule is CCNC(=NCC(C)(O)c1ccc(C)o1)NCCN1C(=O)c2ccccc2C1=O.I. The summed E-state index contributed by atoms with van der Waals surface area (Å²) in [5, 5.41) is 16.8. The summed E-state index contributed by atoms with van der Waals surface area (Å²) in [6.45, 7) is 6.63. The zero-order valence-electron chi connectivity index (χ0n) is 17.3. The molecule has 30 heavy (non-hydrogen) atoms. The van der Waals surface area contributed by atoms with Gasteiger partial charge in [0.25, 0.3) is 11.8 Å². The van der Waals surface area contributed by atoms with Crippen LogP contribution in [-0.4, -0.2) is 54.0 Å². The van der Waals surface area contributed by atoms with Crippen molar-refractivity contribution >= 4 is 41.8 Å². The number of carbonyl (C=O) groups is 2. The standard InChI is InChI=1S/C21H26N4O4.HI/c1-4-22-20(24-13-21(3,28)17-10-9-14(2)29-17)23-11-12-25-18(26)15-7-5-6-8-16(15)19(25)27;/h5-10,28H,4,11-13H2,1-3H3,(H2,22,23,24);1H. The van der Waals surface area contributed by atoms with E-state index in [0.717, 1.165) is 5.76 Å². The largest absolute Gasteiger partial charge is 0.463 e. The number of fused-ring (bicyclic) bond motifs is 1. The zero-order valence-corrected chi connectivity index (χ0v) is 19.6. The Kier molecular flexibility index (Phi) is 8.02. The summed E-state index contributed by atoms with van der Waals surface area (Å²) < 4.78 is 5.50. The van der Waals surface area contributed by atoms with E-state index in [1.807, 2.05) is 13.8 Å². The lowest BCUT2D eigenvalue weighted by Gasteiger charge is -2.20. The van der Waals surface area contributed by atoms with Crippen molar-refractivity contribution in [2.45, 2.75) is 26.4 Å². The Morgan fingerprint density at radius 1 is 1.13 bits per heavy atom. The molecule has 1 aliphatic heterocycles. The van der Waals surface area contributed by atoms with Crippen molar-refractivity contribution < 1.29 is 19.1 Å². The summed E-state index contributed by atoms with van der Waals surface area (Å²) in [6.07, 6.45) is 0. The first-order valence-electron chi connectivity index (χ1n) is 9.60. The third-order valence-corrected chi connectivity index (χ3v) is 4.67. The summed E-state index contributed by atoms with van der Waals surface area (Å²) in [6, 6.07) is 10.3. The minimum Gasteiger partial charge on any atom is -0.463 e. The van der Waals surface area contributed by atoms with E-state index in [9.17, 15) is 14.7 Å². The summed E-state index contributed by atoms with van der Waals surface area (Å²) in [5.41, 5.74) is -0.384. The molecule has 1 aromatic heterocycles. The van der Waals surface area contributed by atoms with Crippen LogP contribution in [0.15, 0.2) is 45.8 Å². The van der Waals surface area contributed by atoms with Crippen LogP contribution < -0.4 is 10.6 Å². The number of carbonyl (C=O) groups excluding carboxylic acids is 2. The monoisotopic (exact) mass is 526 g/mol. The molecule has 2 amide bonds. The number of rotatable bonds is 7. The third-order valence-electron chi connectivity index (χ3n) is 4.67. The van der Waals surface area contributed by atoms with Crippen LogP contribution >= 0.6 is 24.0 Å². The molecule has 0 radical (unpaired) electrons. The predicted molar refractivity (Wildman–Crippen MR) is 124 cm³/mol. The average molecular weight is 526 g/mol. The number of hydrogen-bond donors (Lipinski definition) is 3. The smallest absolute Gasteiger partial charge is 0.261 e. The molecule has 162 valence electrons. The van der Waals surface area contributed by atoms with E-state index < -0.39 is 5.60 Å². The van der Waals surface area contributed by atoms with Crippen molar-refractivity contribution in [1.82, 2.24) is 15.5 Å². The van der Waals surface area contributed by atoms with Gasteiger partial charge in [0, 0.05) is 19.6 Å². The van der Waals surface area contributed by atoms with Gasteiger partial charge in [0.1, 0.15) is 17.1 Å². The second kappa shape index (κ2) is 10.1. The summed E-state index contributed by atoms with van der Waals surface area (Å²) in [5.74, 6) is 1.07. The van der Waals surface area contributed by atoms with Gasteiger partial charge in [-0.05, 0) is 45.0 Å². The minimum atomic E-state index is -1.25. The van der Waals surface area contributed by atoms with Gasteiger partial charge >= 0.3 is 0 Å². The van der Waals surface area contributed by atoms with Gasteiger partial charge in [-0.3, -0.25) is 14.5 Å². The van der Waals surface area contributed by atoms with Crippen LogP contribution in [0, 0.1) is 6.92 Å². The number of nitrogens with zero attached hydrogens (tertiary/aromatic N) is 2. The van der Waals surface area contributed by atoms with Gasteiger partial charge in [-0.25, -0.2) is 4.99 Å². The number of benzene rings is 1. The van der Waals surface area contributed by atoms with Gasteiger partial charge in [0.05, 0.1) is 17.7 Å². The number of imide groups is 1. The molecule has 8 nitrogen and oxygen atoms in total. The fraction of sp³-hybridized carbons (Fsp3) is 0.381. The number of guanidine groups is 1. The molecular formula is C21H27IN4O4. The average Bonchev–Trinajstić information content (AvgIpc) is 3.24. The fourth-order valence-electron chi connectivity index (χ4n) is 3.10.